The molecule has 3 nitrogen and oxygen atoms in total. The van der Waals surface area contributed by atoms with Gasteiger partial charge >= 0.3 is 0 Å². The van der Waals surface area contributed by atoms with Crippen molar-refractivity contribution in [3.63, 3.8) is 0 Å². The number of rotatable bonds is 2. The van der Waals surface area contributed by atoms with E-state index in [1.165, 1.54) is 0 Å². The minimum Gasteiger partial charge on any atom is -0.303 e. The molecular formula is C12H16N2O. The predicted octanol–water partition coefficient (Wildman–Crippen LogP) is 2.74. The molecule has 0 aliphatic heterocycles. The van der Waals surface area contributed by atoms with Gasteiger partial charge in [-0.2, -0.15) is 0 Å². The third-order valence-corrected chi connectivity index (χ3v) is 2.11. The summed E-state index contributed by atoms with van der Waals surface area (Å²) in [7, 11) is 0. The van der Waals surface area contributed by atoms with Crippen LogP contribution in [0, 0.1) is 0 Å². The number of hydrogen-bond acceptors (Lipinski definition) is 2. The molecule has 0 atom stereocenters. The average molecular weight is 204 g/mol. The second-order valence-corrected chi connectivity index (χ2v) is 2.84. The Morgan fingerprint density at radius 1 is 1.40 bits per heavy atom. The molecule has 0 amide bonds. The number of imidazole rings is 1. The molecule has 80 valence electrons. The fraction of sp³-hybridized carbons (Fsp3) is 0.333. The predicted molar refractivity (Wildman–Crippen MR) is 61.3 cm³/mol. The first kappa shape index (κ1) is 11.4. The monoisotopic (exact) mass is 204 g/mol. The zero-order chi connectivity index (χ0) is 11.3. The molecule has 0 aliphatic carbocycles. The smallest absolute Gasteiger partial charge is 0.170 e. The molecule has 2 aromatic heterocycles. The van der Waals surface area contributed by atoms with E-state index >= 15 is 0 Å². The van der Waals surface area contributed by atoms with Gasteiger partial charge in [-0.1, -0.05) is 26.8 Å². The lowest BCUT2D eigenvalue weighted by atomic mass is 10.3. The van der Waals surface area contributed by atoms with Crippen LogP contribution in [0.1, 0.15) is 37.0 Å². The van der Waals surface area contributed by atoms with Gasteiger partial charge in [-0.25, -0.2) is 4.98 Å². The number of carbonyl (C=O) groups is 1. The van der Waals surface area contributed by atoms with Gasteiger partial charge < -0.3 is 4.40 Å². The molecule has 0 saturated carbocycles. The van der Waals surface area contributed by atoms with E-state index in [9.17, 15) is 4.79 Å². The summed E-state index contributed by atoms with van der Waals surface area (Å²) in [5, 5.41) is 0. The molecule has 0 aromatic carbocycles. The summed E-state index contributed by atoms with van der Waals surface area (Å²) in [6, 6.07) is 5.74. The van der Waals surface area contributed by atoms with Crippen molar-refractivity contribution < 1.29 is 4.79 Å². The number of pyridine rings is 1. The second-order valence-electron chi connectivity index (χ2n) is 2.84. The minimum absolute atomic E-state index is 0.550. The molecule has 0 fully saturated rings. The van der Waals surface area contributed by atoms with Gasteiger partial charge in [-0.3, -0.25) is 4.79 Å². The first-order valence-electron chi connectivity index (χ1n) is 5.28. The van der Waals surface area contributed by atoms with Gasteiger partial charge in [0.2, 0.25) is 0 Å². The maximum Gasteiger partial charge on any atom is 0.170 e. The van der Waals surface area contributed by atoms with Crippen molar-refractivity contribution >= 4 is 11.9 Å². The molecule has 2 heterocycles. The number of carbonyl (C=O) groups excluding carboxylic acids is 1. The van der Waals surface area contributed by atoms with Crippen LogP contribution >= 0.6 is 0 Å². The first-order valence-corrected chi connectivity index (χ1v) is 5.28. The standard InChI is InChI=1S/C10H10N2O.C2H6/c1-2-9-8(7-13)11-10-5-3-4-6-12(9)10;1-2/h3-7H,2H2,1H3;1-2H3. The zero-order valence-corrected chi connectivity index (χ0v) is 9.40. The van der Waals surface area contributed by atoms with Crippen LogP contribution in [0.3, 0.4) is 0 Å². The van der Waals surface area contributed by atoms with Crippen LogP contribution in [0.5, 0.6) is 0 Å². The number of nitrogens with zero attached hydrogens (tertiary/aromatic N) is 2. The van der Waals surface area contributed by atoms with Crippen LogP contribution in [-0.4, -0.2) is 15.7 Å². The van der Waals surface area contributed by atoms with Crippen LogP contribution in [-0.2, 0) is 6.42 Å². The van der Waals surface area contributed by atoms with Gasteiger partial charge in [-0.15, -0.1) is 0 Å². The Hall–Kier alpha value is -1.64. The lowest BCUT2D eigenvalue weighted by Gasteiger charge is -1.96. The number of aldehydes is 1. The molecule has 0 aliphatic rings. The summed E-state index contributed by atoms with van der Waals surface area (Å²) in [4.78, 5) is 14.9. The van der Waals surface area contributed by atoms with E-state index in [2.05, 4.69) is 4.98 Å². The Bertz CT molecular complexity index is 446. The molecule has 2 rings (SSSR count). The Morgan fingerprint density at radius 2 is 2.13 bits per heavy atom. The normalized spacial score (nSPS) is 9.53. The van der Waals surface area contributed by atoms with Crippen LogP contribution in [0.25, 0.3) is 5.65 Å². The fourth-order valence-corrected chi connectivity index (χ4v) is 1.51. The fourth-order valence-electron chi connectivity index (χ4n) is 1.51. The highest BCUT2D eigenvalue weighted by Crippen LogP contribution is 2.10. The minimum atomic E-state index is 0.550. The van der Waals surface area contributed by atoms with Crippen molar-refractivity contribution in [3.05, 3.63) is 35.8 Å². The maximum atomic E-state index is 10.7. The summed E-state index contributed by atoms with van der Waals surface area (Å²) >= 11 is 0. The van der Waals surface area contributed by atoms with E-state index in [0.29, 0.717) is 5.69 Å². The molecule has 0 unspecified atom stereocenters. The van der Waals surface area contributed by atoms with Crippen molar-refractivity contribution in [1.82, 2.24) is 9.38 Å². The SMILES string of the molecule is CC.CCc1c(C=O)nc2ccccn12. The summed E-state index contributed by atoms with van der Waals surface area (Å²) < 4.78 is 1.95. The maximum absolute atomic E-state index is 10.7. The van der Waals surface area contributed by atoms with Crippen LogP contribution in [0.4, 0.5) is 0 Å². The summed E-state index contributed by atoms with van der Waals surface area (Å²) in [6.45, 7) is 6.02. The van der Waals surface area contributed by atoms with Crippen LogP contribution < -0.4 is 0 Å². The van der Waals surface area contributed by atoms with Crippen LogP contribution in [0.2, 0.25) is 0 Å². The highest BCUT2D eigenvalue weighted by Gasteiger charge is 2.07. The topological polar surface area (TPSA) is 34.4 Å². The molecule has 0 bridgehead atoms. The molecular weight excluding hydrogens is 188 g/mol. The second kappa shape index (κ2) is 5.29. The molecule has 0 radical (unpaired) electrons. The molecule has 2 aromatic rings. The van der Waals surface area contributed by atoms with Gasteiger partial charge in [0.25, 0.3) is 0 Å². The van der Waals surface area contributed by atoms with Crippen molar-refractivity contribution in [2.45, 2.75) is 27.2 Å². The number of hydrogen-bond donors (Lipinski definition) is 0. The van der Waals surface area contributed by atoms with E-state index in [-0.39, 0.29) is 0 Å². The largest absolute Gasteiger partial charge is 0.303 e. The number of aryl methyl sites for hydroxylation is 1. The zero-order valence-electron chi connectivity index (χ0n) is 9.40. The van der Waals surface area contributed by atoms with Crippen molar-refractivity contribution in [2.24, 2.45) is 0 Å². The Morgan fingerprint density at radius 3 is 2.73 bits per heavy atom. The lowest BCUT2D eigenvalue weighted by Crippen LogP contribution is -1.92. The molecule has 0 saturated heterocycles. The summed E-state index contributed by atoms with van der Waals surface area (Å²) in [5.74, 6) is 0. The van der Waals surface area contributed by atoms with E-state index < -0.39 is 0 Å². The van der Waals surface area contributed by atoms with Crippen LogP contribution in [0.15, 0.2) is 24.4 Å². The third kappa shape index (κ3) is 2.06. The summed E-state index contributed by atoms with van der Waals surface area (Å²) in [5.41, 5.74) is 2.36. The Labute approximate surface area is 89.8 Å². The third-order valence-electron chi connectivity index (χ3n) is 2.11. The highest BCUT2D eigenvalue weighted by molar-refractivity contribution is 5.75. The van der Waals surface area contributed by atoms with E-state index in [0.717, 1.165) is 24.0 Å². The van der Waals surface area contributed by atoms with Gasteiger partial charge in [0.1, 0.15) is 11.3 Å². The molecule has 15 heavy (non-hydrogen) atoms. The van der Waals surface area contributed by atoms with E-state index in [1.54, 1.807) is 0 Å². The highest BCUT2D eigenvalue weighted by atomic mass is 16.1. The molecule has 3 heteroatoms. The lowest BCUT2D eigenvalue weighted by molar-refractivity contribution is 0.111. The van der Waals surface area contributed by atoms with Gasteiger partial charge in [-0.05, 0) is 18.6 Å². The Balaban J connectivity index is 0.000000531. The van der Waals surface area contributed by atoms with Gasteiger partial charge in [0.15, 0.2) is 6.29 Å². The van der Waals surface area contributed by atoms with Crippen molar-refractivity contribution in [2.75, 3.05) is 0 Å². The number of fused-ring (bicyclic) bond motifs is 1. The van der Waals surface area contributed by atoms with Crippen molar-refractivity contribution in [3.8, 4) is 0 Å². The average Bonchev–Trinajstić information content (AvgIpc) is 2.69. The first-order chi connectivity index (χ1) is 7.36. The van der Waals surface area contributed by atoms with Gasteiger partial charge in [0, 0.05) is 6.20 Å². The van der Waals surface area contributed by atoms with E-state index in [1.807, 2.05) is 49.6 Å². The molecule has 0 N–H and O–H groups in total. The molecule has 0 spiro atoms. The quantitative estimate of drug-likeness (QED) is 0.705. The number of aromatic nitrogens is 2. The van der Waals surface area contributed by atoms with Crippen molar-refractivity contribution in [1.29, 1.82) is 0 Å². The van der Waals surface area contributed by atoms with Gasteiger partial charge in [0.05, 0.1) is 5.69 Å². The summed E-state index contributed by atoms with van der Waals surface area (Å²) in [6.07, 6.45) is 3.55. The van der Waals surface area contributed by atoms with E-state index in [4.69, 9.17) is 0 Å². The Kier molecular flexibility index (Phi) is 4.03.